The highest BCUT2D eigenvalue weighted by atomic mass is 16.6. The van der Waals surface area contributed by atoms with Crippen LogP contribution in [-0.4, -0.2) is 41.7 Å². The zero-order valence-electron chi connectivity index (χ0n) is 15.2. The van der Waals surface area contributed by atoms with E-state index < -0.39 is 11.9 Å². The standard InChI is InChI=1S/C19H21N3O5/c1-4-11-27-19-21-15-10-8-7-9-13(15)16(22-19)20-12-14(17(23)25-5-2)18(24)26-6-3/h4,7-10,12H,1,5-6,11H2,2-3H3,(H,20,21,22). The number of nitrogens with one attached hydrogen (secondary N) is 1. The smallest absolute Gasteiger partial charge is 0.347 e. The van der Waals surface area contributed by atoms with Crippen LogP contribution in [0.1, 0.15) is 13.8 Å². The highest BCUT2D eigenvalue weighted by Gasteiger charge is 2.21. The SMILES string of the molecule is C=CCOc1nc(NC=C(C(=O)OCC)C(=O)OCC)c2ccccc2n1. The molecule has 2 aromatic rings. The summed E-state index contributed by atoms with van der Waals surface area (Å²) in [7, 11) is 0. The van der Waals surface area contributed by atoms with Crippen LogP contribution in [0.15, 0.2) is 48.7 Å². The largest absolute Gasteiger partial charge is 0.462 e. The minimum Gasteiger partial charge on any atom is -0.462 e. The summed E-state index contributed by atoms with van der Waals surface area (Å²) in [5.41, 5.74) is 0.367. The van der Waals surface area contributed by atoms with Gasteiger partial charge < -0.3 is 19.5 Å². The monoisotopic (exact) mass is 371 g/mol. The average Bonchev–Trinajstić information content (AvgIpc) is 2.66. The van der Waals surface area contributed by atoms with Gasteiger partial charge in [0.05, 0.1) is 18.7 Å². The lowest BCUT2D eigenvalue weighted by Gasteiger charge is -2.10. The van der Waals surface area contributed by atoms with Crippen molar-refractivity contribution in [3.05, 3.63) is 48.7 Å². The second kappa shape index (κ2) is 9.91. The second-order valence-corrected chi connectivity index (χ2v) is 5.11. The molecule has 0 spiro atoms. The van der Waals surface area contributed by atoms with Crippen molar-refractivity contribution in [2.24, 2.45) is 0 Å². The Kier molecular flexibility index (Phi) is 7.30. The molecule has 0 unspecified atom stereocenters. The van der Waals surface area contributed by atoms with E-state index in [0.717, 1.165) is 0 Å². The number of hydrogen-bond donors (Lipinski definition) is 1. The molecule has 0 atom stereocenters. The van der Waals surface area contributed by atoms with E-state index in [0.29, 0.717) is 16.7 Å². The molecule has 0 aliphatic rings. The first kappa shape index (κ1) is 19.9. The van der Waals surface area contributed by atoms with Crippen molar-refractivity contribution in [1.29, 1.82) is 0 Å². The number of hydrogen-bond acceptors (Lipinski definition) is 8. The number of rotatable bonds is 9. The van der Waals surface area contributed by atoms with Crippen LogP contribution in [0, 0.1) is 0 Å². The molecular formula is C19H21N3O5. The van der Waals surface area contributed by atoms with E-state index in [1.165, 1.54) is 6.20 Å². The van der Waals surface area contributed by atoms with Crippen LogP contribution in [-0.2, 0) is 19.1 Å². The Bertz CT molecular complexity index is 844. The number of fused-ring (bicyclic) bond motifs is 1. The zero-order chi connectivity index (χ0) is 19.6. The number of carbonyl (C=O) groups is 2. The first-order valence-corrected chi connectivity index (χ1v) is 8.42. The number of nitrogens with zero attached hydrogens (tertiary/aromatic N) is 2. The van der Waals surface area contributed by atoms with Crippen molar-refractivity contribution in [3.63, 3.8) is 0 Å². The number of aromatic nitrogens is 2. The Morgan fingerprint density at radius 1 is 1.11 bits per heavy atom. The van der Waals surface area contributed by atoms with Gasteiger partial charge in [0.25, 0.3) is 0 Å². The normalized spacial score (nSPS) is 10.0. The van der Waals surface area contributed by atoms with E-state index in [1.807, 2.05) is 12.1 Å². The molecule has 1 aromatic carbocycles. The minimum atomic E-state index is -0.787. The van der Waals surface area contributed by atoms with Gasteiger partial charge in [-0.15, -0.1) is 0 Å². The maximum Gasteiger partial charge on any atom is 0.347 e. The fourth-order valence-corrected chi connectivity index (χ4v) is 2.12. The van der Waals surface area contributed by atoms with E-state index in [9.17, 15) is 9.59 Å². The molecule has 1 heterocycles. The lowest BCUT2D eigenvalue weighted by atomic mass is 10.2. The predicted octanol–water partition coefficient (Wildman–Crippen LogP) is 2.62. The third kappa shape index (κ3) is 5.27. The Morgan fingerprint density at radius 2 is 1.78 bits per heavy atom. The Balaban J connectivity index is 2.41. The van der Waals surface area contributed by atoms with E-state index in [2.05, 4.69) is 21.9 Å². The minimum absolute atomic E-state index is 0.131. The third-order valence-corrected chi connectivity index (χ3v) is 3.26. The highest BCUT2D eigenvalue weighted by Crippen LogP contribution is 2.23. The average molecular weight is 371 g/mol. The van der Waals surface area contributed by atoms with Crippen molar-refractivity contribution in [3.8, 4) is 6.01 Å². The highest BCUT2D eigenvalue weighted by molar-refractivity contribution is 6.14. The summed E-state index contributed by atoms with van der Waals surface area (Å²) in [5.74, 6) is -1.21. The summed E-state index contributed by atoms with van der Waals surface area (Å²) < 4.78 is 15.2. The lowest BCUT2D eigenvalue weighted by molar-refractivity contribution is -0.146. The molecule has 0 bridgehead atoms. The number of para-hydroxylation sites is 1. The number of carbonyl (C=O) groups excluding carboxylic acids is 2. The van der Waals surface area contributed by atoms with Crippen LogP contribution in [0.4, 0.5) is 5.82 Å². The molecule has 142 valence electrons. The maximum absolute atomic E-state index is 12.1. The molecule has 2 rings (SSSR count). The fourth-order valence-electron chi connectivity index (χ4n) is 2.12. The molecule has 27 heavy (non-hydrogen) atoms. The topological polar surface area (TPSA) is 99.6 Å². The van der Waals surface area contributed by atoms with Crippen molar-refractivity contribution in [2.75, 3.05) is 25.1 Å². The third-order valence-electron chi connectivity index (χ3n) is 3.26. The molecule has 0 aliphatic carbocycles. The molecule has 8 nitrogen and oxygen atoms in total. The molecule has 1 aromatic heterocycles. The van der Waals surface area contributed by atoms with Crippen molar-refractivity contribution < 1.29 is 23.8 Å². The molecule has 0 aliphatic heterocycles. The van der Waals surface area contributed by atoms with E-state index in [-0.39, 0.29) is 31.4 Å². The summed E-state index contributed by atoms with van der Waals surface area (Å²) in [6, 6.07) is 7.39. The van der Waals surface area contributed by atoms with Gasteiger partial charge in [-0.2, -0.15) is 9.97 Å². The molecule has 0 radical (unpaired) electrons. The van der Waals surface area contributed by atoms with Crippen LogP contribution in [0.2, 0.25) is 0 Å². The molecule has 0 saturated carbocycles. The summed E-state index contributed by atoms with van der Waals surface area (Å²) in [6.07, 6.45) is 2.78. The van der Waals surface area contributed by atoms with Crippen LogP contribution in [0.3, 0.4) is 0 Å². The number of esters is 2. The molecular weight excluding hydrogens is 350 g/mol. The van der Waals surface area contributed by atoms with E-state index in [4.69, 9.17) is 14.2 Å². The van der Waals surface area contributed by atoms with Crippen LogP contribution >= 0.6 is 0 Å². The number of ether oxygens (including phenoxy) is 3. The first-order chi connectivity index (χ1) is 13.1. The van der Waals surface area contributed by atoms with Crippen molar-refractivity contribution >= 4 is 28.7 Å². The van der Waals surface area contributed by atoms with Crippen LogP contribution < -0.4 is 10.1 Å². The first-order valence-electron chi connectivity index (χ1n) is 8.42. The summed E-state index contributed by atoms with van der Waals surface area (Å²) in [6.45, 7) is 7.38. The van der Waals surface area contributed by atoms with Gasteiger partial charge in [0.15, 0.2) is 5.57 Å². The summed E-state index contributed by atoms with van der Waals surface area (Å²) in [5, 5.41) is 3.55. The van der Waals surface area contributed by atoms with Gasteiger partial charge >= 0.3 is 17.9 Å². The molecule has 1 N–H and O–H groups in total. The van der Waals surface area contributed by atoms with E-state index in [1.54, 1.807) is 32.1 Å². The van der Waals surface area contributed by atoms with Gasteiger partial charge in [-0.05, 0) is 26.0 Å². The molecule has 0 fully saturated rings. The Labute approximate surface area is 156 Å². The Hall–Kier alpha value is -3.42. The number of benzene rings is 1. The van der Waals surface area contributed by atoms with Crippen LogP contribution in [0.25, 0.3) is 10.9 Å². The Morgan fingerprint density at radius 3 is 2.41 bits per heavy atom. The molecule has 0 saturated heterocycles. The fraction of sp³-hybridized carbons (Fsp3) is 0.263. The molecule has 0 amide bonds. The summed E-state index contributed by atoms with van der Waals surface area (Å²) in [4.78, 5) is 32.7. The second-order valence-electron chi connectivity index (χ2n) is 5.11. The van der Waals surface area contributed by atoms with Gasteiger partial charge in [0, 0.05) is 11.6 Å². The zero-order valence-corrected chi connectivity index (χ0v) is 15.2. The van der Waals surface area contributed by atoms with Crippen molar-refractivity contribution in [2.45, 2.75) is 13.8 Å². The predicted molar refractivity (Wildman–Crippen MR) is 100 cm³/mol. The van der Waals surface area contributed by atoms with E-state index >= 15 is 0 Å². The van der Waals surface area contributed by atoms with Gasteiger partial charge in [-0.1, -0.05) is 24.8 Å². The lowest BCUT2D eigenvalue weighted by Crippen LogP contribution is -2.19. The summed E-state index contributed by atoms with van der Waals surface area (Å²) >= 11 is 0. The van der Waals surface area contributed by atoms with Gasteiger partial charge in [0.2, 0.25) is 0 Å². The van der Waals surface area contributed by atoms with Gasteiger partial charge in [-0.3, -0.25) is 0 Å². The maximum atomic E-state index is 12.1. The quantitative estimate of drug-likeness (QED) is 0.236. The van der Waals surface area contributed by atoms with Gasteiger partial charge in [0.1, 0.15) is 12.4 Å². The number of anilines is 1. The van der Waals surface area contributed by atoms with Crippen LogP contribution in [0.5, 0.6) is 6.01 Å². The van der Waals surface area contributed by atoms with Gasteiger partial charge in [-0.25, -0.2) is 9.59 Å². The van der Waals surface area contributed by atoms with Crippen molar-refractivity contribution in [1.82, 2.24) is 9.97 Å². The molecule has 8 heteroatoms.